The molecule has 1 aliphatic carbocycles. The van der Waals surface area contributed by atoms with Gasteiger partial charge >= 0.3 is 0 Å². The Labute approximate surface area is 123 Å². The summed E-state index contributed by atoms with van der Waals surface area (Å²) in [7, 11) is 0. The number of nitrogens with one attached hydrogen (secondary N) is 1. The zero-order chi connectivity index (χ0) is 13.8. The van der Waals surface area contributed by atoms with Crippen molar-refractivity contribution < 1.29 is 9.63 Å². The molecule has 2 fully saturated rings. The van der Waals surface area contributed by atoms with E-state index in [0.717, 1.165) is 29.9 Å². The predicted molar refractivity (Wildman–Crippen MR) is 78.5 cm³/mol. The Kier molecular flexibility index (Phi) is 4.63. The van der Waals surface area contributed by atoms with Crippen molar-refractivity contribution in [3.63, 3.8) is 0 Å². The minimum absolute atomic E-state index is 0.401. The van der Waals surface area contributed by atoms with Gasteiger partial charge in [-0.2, -0.15) is 16.7 Å². The van der Waals surface area contributed by atoms with Gasteiger partial charge in [0.1, 0.15) is 5.60 Å². The predicted octanol–water partition coefficient (Wildman–Crippen LogP) is 2.21. The van der Waals surface area contributed by atoms with Crippen LogP contribution in [0.4, 0.5) is 0 Å². The fraction of sp³-hybridized carbons (Fsp3) is 0.857. The molecule has 2 heterocycles. The highest BCUT2D eigenvalue weighted by Gasteiger charge is 2.36. The first-order chi connectivity index (χ1) is 9.76. The van der Waals surface area contributed by atoms with E-state index in [1.807, 2.05) is 11.8 Å². The van der Waals surface area contributed by atoms with Crippen molar-refractivity contribution in [2.45, 2.75) is 61.5 Å². The summed E-state index contributed by atoms with van der Waals surface area (Å²) in [5, 5.41) is 18.5. The van der Waals surface area contributed by atoms with Crippen molar-refractivity contribution in [1.82, 2.24) is 15.5 Å². The summed E-state index contributed by atoms with van der Waals surface area (Å²) in [6, 6.07) is 0. The summed E-state index contributed by atoms with van der Waals surface area (Å²) in [5.41, 5.74) is -0.925. The molecule has 0 bridgehead atoms. The van der Waals surface area contributed by atoms with E-state index < -0.39 is 5.60 Å². The van der Waals surface area contributed by atoms with Crippen molar-refractivity contribution in [3.8, 4) is 0 Å². The largest absolute Gasteiger partial charge is 0.380 e. The molecular weight excluding hydrogens is 274 g/mol. The van der Waals surface area contributed by atoms with Crippen LogP contribution in [0.25, 0.3) is 0 Å². The summed E-state index contributed by atoms with van der Waals surface area (Å²) >= 11 is 1.93. The molecule has 1 saturated heterocycles. The number of aliphatic hydroxyl groups is 1. The van der Waals surface area contributed by atoms with Crippen LogP contribution >= 0.6 is 11.8 Å². The van der Waals surface area contributed by atoms with Gasteiger partial charge in [-0.1, -0.05) is 24.4 Å². The normalized spacial score (nSPS) is 23.9. The summed E-state index contributed by atoms with van der Waals surface area (Å²) in [6.07, 6.45) is 7.99. The molecule has 6 heteroatoms. The fourth-order valence-electron chi connectivity index (χ4n) is 2.98. The number of thioether (sulfide) groups is 1. The lowest BCUT2D eigenvalue weighted by molar-refractivity contribution is -0.0228. The second kappa shape index (κ2) is 6.45. The minimum Gasteiger partial charge on any atom is -0.380 e. The van der Waals surface area contributed by atoms with Crippen LogP contribution in [0, 0.1) is 0 Å². The Bertz CT molecular complexity index is 426. The molecule has 2 N–H and O–H groups in total. The highest BCUT2D eigenvalue weighted by molar-refractivity contribution is 7.99. The van der Waals surface area contributed by atoms with Gasteiger partial charge in [0, 0.05) is 5.25 Å². The number of rotatable bonds is 4. The summed E-state index contributed by atoms with van der Waals surface area (Å²) in [5.74, 6) is 1.92. The zero-order valence-electron chi connectivity index (χ0n) is 11.8. The first kappa shape index (κ1) is 14.4. The molecule has 0 radical (unpaired) electrons. The molecule has 112 valence electrons. The Morgan fingerprint density at radius 1 is 1.25 bits per heavy atom. The van der Waals surface area contributed by atoms with E-state index in [2.05, 4.69) is 15.5 Å². The number of nitrogens with zero attached hydrogens (tertiary/aromatic N) is 2. The van der Waals surface area contributed by atoms with Crippen molar-refractivity contribution in [2.24, 2.45) is 0 Å². The molecule has 0 amide bonds. The molecule has 0 aromatic carbocycles. The van der Waals surface area contributed by atoms with E-state index in [9.17, 15) is 5.11 Å². The van der Waals surface area contributed by atoms with Crippen LogP contribution < -0.4 is 5.32 Å². The topological polar surface area (TPSA) is 71.2 Å². The molecular formula is C14H23N3O2S. The van der Waals surface area contributed by atoms with Gasteiger partial charge in [0.05, 0.1) is 5.75 Å². The quantitative estimate of drug-likeness (QED) is 0.888. The van der Waals surface area contributed by atoms with E-state index in [1.165, 1.54) is 32.1 Å². The van der Waals surface area contributed by atoms with E-state index >= 15 is 0 Å². The van der Waals surface area contributed by atoms with Gasteiger partial charge in [-0.3, -0.25) is 0 Å². The van der Waals surface area contributed by atoms with E-state index in [1.54, 1.807) is 0 Å². The van der Waals surface area contributed by atoms with Gasteiger partial charge in [-0.05, 0) is 38.8 Å². The third-order valence-corrected chi connectivity index (χ3v) is 5.66. The van der Waals surface area contributed by atoms with Gasteiger partial charge in [-0.25, -0.2) is 0 Å². The number of hydrogen-bond donors (Lipinski definition) is 2. The van der Waals surface area contributed by atoms with Gasteiger partial charge in [0.2, 0.25) is 0 Å². The maximum absolute atomic E-state index is 10.5. The van der Waals surface area contributed by atoms with Crippen molar-refractivity contribution in [1.29, 1.82) is 0 Å². The lowest BCUT2D eigenvalue weighted by atomic mass is 9.92. The van der Waals surface area contributed by atoms with Crippen LogP contribution in [-0.2, 0) is 11.4 Å². The molecule has 20 heavy (non-hydrogen) atoms. The van der Waals surface area contributed by atoms with Crippen molar-refractivity contribution in [2.75, 3.05) is 13.1 Å². The third-order valence-electron chi connectivity index (χ3n) is 4.30. The number of hydrogen-bond acceptors (Lipinski definition) is 6. The second-order valence-electron chi connectivity index (χ2n) is 5.87. The molecule has 1 aromatic heterocycles. The first-order valence-electron chi connectivity index (χ1n) is 7.64. The SMILES string of the molecule is OC1(c2nc(CSC3CCCCC3)no2)CCNCC1. The minimum atomic E-state index is -0.925. The third kappa shape index (κ3) is 3.35. The Hall–Kier alpha value is -0.590. The van der Waals surface area contributed by atoms with Crippen molar-refractivity contribution in [3.05, 3.63) is 11.7 Å². The van der Waals surface area contributed by atoms with Crippen molar-refractivity contribution >= 4 is 11.8 Å². The molecule has 5 nitrogen and oxygen atoms in total. The Morgan fingerprint density at radius 3 is 2.75 bits per heavy atom. The van der Waals surface area contributed by atoms with Gasteiger partial charge < -0.3 is 14.9 Å². The second-order valence-corrected chi connectivity index (χ2v) is 7.16. The van der Waals surface area contributed by atoms with Crippen LogP contribution in [0.3, 0.4) is 0 Å². The maximum Gasteiger partial charge on any atom is 0.258 e. The van der Waals surface area contributed by atoms with Crippen LogP contribution in [-0.4, -0.2) is 33.6 Å². The Balaban J connectivity index is 1.56. The van der Waals surface area contributed by atoms with Crippen LogP contribution in [0.15, 0.2) is 4.52 Å². The number of aromatic nitrogens is 2. The summed E-state index contributed by atoms with van der Waals surface area (Å²) in [6.45, 7) is 1.59. The monoisotopic (exact) mass is 297 g/mol. The highest BCUT2D eigenvalue weighted by Crippen LogP contribution is 2.32. The summed E-state index contributed by atoms with van der Waals surface area (Å²) < 4.78 is 5.29. The van der Waals surface area contributed by atoms with E-state index in [0.29, 0.717) is 18.7 Å². The molecule has 2 aliphatic rings. The molecule has 3 rings (SSSR count). The highest BCUT2D eigenvalue weighted by atomic mass is 32.2. The Morgan fingerprint density at radius 2 is 2.00 bits per heavy atom. The molecule has 0 atom stereocenters. The maximum atomic E-state index is 10.5. The first-order valence-corrected chi connectivity index (χ1v) is 8.69. The van der Waals surface area contributed by atoms with Gasteiger partial charge in [0.25, 0.3) is 5.89 Å². The summed E-state index contributed by atoms with van der Waals surface area (Å²) in [4.78, 5) is 4.41. The zero-order valence-corrected chi connectivity index (χ0v) is 12.6. The van der Waals surface area contributed by atoms with Crippen LogP contribution in [0.1, 0.15) is 56.7 Å². The standard InChI is InChI=1S/C14H23N3O2S/c18-14(6-8-15-9-7-14)13-16-12(17-19-13)10-20-11-4-2-1-3-5-11/h11,15,18H,1-10H2. The molecule has 0 unspecified atom stereocenters. The lowest BCUT2D eigenvalue weighted by Crippen LogP contribution is -2.39. The van der Waals surface area contributed by atoms with Crippen LogP contribution in [0.5, 0.6) is 0 Å². The van der Waals surface area contributed by atoms with E-state index in [4.69, 9.17) is 4.52 Å². The molecule has 1 aliphatic heterocycles. The average Bonchev–Trinajstić information content (AvgIpc) is 2.97. The fourth-order valence-corrected chi connectivity index (χ4v) is 4.15. The lowest BCUT2D eigenvalue weighted by Gasteiger charge is -2.28. The average molecular weight is 297 g/mol. The van der Waals surface area contributed by atoms with Gasteiger partial charge in [-0.15, -0.1) is 0 Å². The smallest absolute Gasteiger partial charge is 0.258 e. The molecule has 1 saturated carbocycles. The van der Waals surface area contributed by atoms with Gasteiger partial charge in [0.15, 0.2) is 5.82 Å². The van der Waals surface area contributed by atoms with E-state index in [-0.39, 0.29) is 0 Å². The van der Waals surface area contributed by atoms with Crippen LogP contribution in [0.2, 0.25) is 0 Å². The molecule has 1 aromatic rings. The number of piperidine rings is 1. The molecule has 0 spiro atoms.